The van der Waals surface area contributed by atoms with Crippen molar-refractivity contribution in [2.75, 3.05) is 10.7 Å². The smallest absolute Gasteiger partial charge is 0.406 e. The van der Waals surface area contributed by atoms with E-state index >= 15 is 0 Å². The molecule has 1 aromatic heterocycles. The van der Waals surface area contributed by atoms with E-state index in [-0.39, 0.29) is 23.5 Å². The largest absolute Gasteiger partial charge is 0.573 e. The van der Waals surface area contributed by atoms with Crippen molar-refractivity contribution in [1.82, 2.24) is 20.1 Å². The van der Waals surface area contributed by atoms with Gasteiger partial charge in [-0.15, -0.1) is 18.3 Å². The van der Waals surface area contributed by atoms with E-state index in [1.165, 1.54) is 47.0 Å². The van der Waals surface area contributed by atoms with E-state index in [1.54, 1.807) is 4.90 Å². The number of nitrogens with zero attached hydrogens (tertiary/aromatic N) is 5. The number of carbonyl (C=O) groups excluding carboxylic acids is 2. The number of fused-ring (bicyclic) bond motifs is 1. The number of benzene rings is 3. The Morgan fingerprint density at radius 1 is 1.13 bits per heavy atom. The zero-order chi connectivity index (χ0) is 31.7. The number of alkyl halides is 3. The summed E-state index contributed by atoms with van der Waals surface area (Å²) >= 11 is 1.27. The summed E-state index contributed by atoms with van der Waals surface area (Å²) in [7, 11) is 0. The Morgan fingerprint density at radius 3 is 2.69 bits per heavy atom. The van der Waals surface area contributed by atoms with Crippen LogP contribution < -0.4 is 15.0 Å². The number of halogens is 3. The molecule has 1 aliphatic heterocycles. The summed E-state index contributed by atoms with van der Waals surface area (Å²) in [6.07, 6.45) is -0.421. The number of carbonyl (C=O) groups is 2. The number of aromatic nitrogens is 3. The Bertz CT molecular complexity index is 1790. The summed E-state index contributed by atoms with van der Waals surface area (Å²) in [5.41, 5.74) is 6.36. The molecule has 0 radical (unpaired) electrons. The minimum Gasteiger partial charge on any atom is -0.406 e. The quantitative estimate of drug-likeness (QED) is 0.263. The van der Waals surface area contributed by atoms with E-state index in [9.17, 15) is 22.8 Å². The monoisotopic (exact) mass is 634 g/mol. The first-order valence-corrected chi connectivity index (χ1v) is 15.4. The number of amides is 3. The number of hydrogen-bond acceptors (Lipinski definition) is 6. The zero-order valence-corrected chi connectivity index (χ0v) is 25.3. The van der Waals surface area contributed by atoms with Crippen molar-refractivity contribution >= 4 is 34.6 Å². The van der Waals surface area contributed by atoms with Gasteiger partial charge in [0, 0.05) is 11.6 Å². The van der Waals surface area contributed by atoms with E-state index in [0.717, 1.165) is 52.8 Å². The predicted octanol–water partition coefficient (Wildman–Crippen LogP) is 6.41. The van der Waals surface area contributed by atoms with Gasteiger partial charge in [0.2, 0.25) is 5.91 Å². The van der Waals surface area contributed by atoms with Crippen molar-refractivity contribution in [2.45, 2.75) is 51.9 Å². The van der Waals surface area contributed by atoms with Gasteiger partial charge in [-0.1, -0.05) is 49.0 Å². The van der Waals surface area contributed by atoms with Crippen molar-refractivity contribution in [3.63, 3.8) is 0 Å². The van der Waals surface area contributed by atoms with Gasteiger partial charge in [-0.2, -0.15) is 4.99 Å². The highest BCUT2D eigenvalue weighted by Crippen LogP contribution is 2.33. The van der Waals surface area contributed by atoms with Crippen LogP contribution in [0.15, 0.2) is 72.0 Å². The van der Waals surface area contributed by atoms with Gasteiger partial charge < -0.3 is 10.1 Å². The van der Waals surface area contributed by atoms with Crippen LogP contribution >= 0.6 is 11.8 Å². The molecule has 1 saturated heterocycles. The van der Waals surface area contributed by atoms with E-state index < -0.39 is 12.4 Å². The number of urea groups is 1. The lowest BCUT2D eigenvalue weighted by molar-refractivity contribution is -0.274. The third-order valence-corrected chi connectivity index (χ3v) is 8.66. The molecule has 3 aromatic carbocycles. The van der Waals surface area contributed by atoms with Gasteiger partial charge in [-0.3, -0.25) is 9.69 Å². The van der Waals surface area contributed by atoms with Crippen molar-refractivity contribution in [1.29, 1.82) is 0 Å². The number of hydrogen-bond donors (Lipinski definition) is 1. The Hall–Kier alpha value is -4.65. The highest BCUT2D eigenvalue weighted by molar-refractivity contribution is 8.15. The van der Waals surface area contributed by atoms with Crippen LogP contribution in [0.1, 0.15) is 35.6 Å². The maximum absolute atomic E-state index is 13.0. The molecule has 0 bridgehead atoms. The van der Waals surface area contributed by atoms with Gasteiger partial charge >= 0.3 is 12.4 Å². The highest BCUT2D eigenvalue weighted by atomic mass is 32.2. The van der Waals surface area contributed by atoms with Crippen molar-refractivity contribution < 1.29 is 27.5 Å². The first-order chi connectivity index (χ1) is 21.6. The van der Waals surface area contributed by atoms with Crippen molar-refractivity contribution in [3.05, 3.63) is 89.2 Å². The first-order valence-electron chi connectivity index (χ1n) is 14.4. The molecule has 9 nitrogen and oxygen atoms in total. The van der Waals surface area contributed by atoms with Crippen LogP contribution in [0.3, 0.4) is 0 Å². The lowest BCUT2D eigenvalue weighted by Crippen LogP contribution is -2.39. The number of rotatable bonds is 6. The fourth-order valence-corrected chi connectivity index (χ4v) is 6.47. The molecule has 4 aromatic rings. The maximum Gasteiger partial charge on any atom is 0.573 e. The van der Waals surface area contributed by atoms with Crippen LogP contribution in [-0.2, 0) is 24.1 Å². The number of amidine groups is 1. The molecule has 0 spiro atoms. The molecule has 6 rings (SSSR count). The normalized spacial score (nSPS) is 17.4. The van der Waals surface area contributed by atoms with Crippen LogP contribution in [-0.4, -0.2) is 50.0 Å². The Balaban J connectivity index is 1.11. The fourth-order valence-electron chi connectivity index (χ4n) is 5.62. The molecular weight excluding hydrogens is 605 g/mol. The first kappa shape index (κ1) is 30.4. The van der Waals surface area contributed by atoms with E-state index in [2.05, 4.69) is 25.1 Å². The summed E-state index contributed by atoms with van der Waals surface area (Å²) in [4.78, 5) is 36.1. The molecule has 1 atom stereocenters. The van der Waals surface area contributed by atoms with Crippen LogP contribution in [0.4, 0.5) is 23.7 Å². The molecule has 2 heterocycles. The molecule has 13 heteroatoms. The summed E-state index contributed by atoms with van der Waals surface area (Å²) in [6, 6.07) is 16.6. The lowest BCUT2D eigenvalue weighted by atomic mass is 9.87. The summed E-state index contributed by atoms with van der Waals surface area (Å²) in [5.74, 6) is 0.308. The summed E-state index contributed by atoms with van der Waals surface area (Å²) < 4.78 is 42.8. The molecule has 1 fully saturated rings. The van der Waals surface area contributed by atoms with E-state index in [4.69, 9.17) is 0 Å². The maximum atomic E-state index is 13.0. The Labute approximate surface area is 261 Å². The predicted molar refractivity (Wildman–Crippen MR) is 166 cm³/mol. The number of ether oxygens (including phenoxy) is 1. The molecule has 3 amide bonds. The summed E-state index contributed by atoms with van der Waals surface area (Å²) in [5, 5.41) is 7.91. The summed E-state index contributed by atoms with van der Waals surface area (Å²) in [6.45, 7) is 3.99. The van der Waals surface area contributed by atoms with Gasteiger partial charge in [0.1, 0.15) is 12.1 Å². The number of thioether (sulfide) groups is 1. The molecule has 1 N–H and O–H groups in total. The Kier molecular flexibility index (Phi) is 8.36. The number of aliphatic imine (C=N–C) groups is 1. The minimum absolute atomic E-state index is 0.0919. The average molecular weight is 635 g/mol. The standard InChI is InChI=1S/C32H29F3N6O3S/c1-3-20-6-4-5-19(2)28(20)41-27(42)17-45-31(41)38-30(43)37-24-10-9-21-15-23(8-7-22(21)16-24)29-36-18-40(39-29)25-11-13-26(14-12-25)44-32(33,34)35/h4-8,11-15,18,24H,3,9-10,16-17H2,1-2H3,(H,37,43)/b38-31-. The lowest BCUT2D eigenvalue weighted by Gasteiger charge is -2.25. The third kappa shape index (κ3) is 6.72. The zero-order valence-electron chi connectivity index (χ0n) is 24.5. The molecule has 0 saturated carbocycles. The van der Waals surface area contributed by atoms with Gasteiger partial charge in [0.25, 0.3) is 0 Å². The molecular formula is C32H29F3N6O3S. The van der Waals surface area contributed by atoms with Gasteiger partial charge in [-0.05, 0) is 85.2 Å². The average Bonchev–Trinajstić information content (AvgIpc) is 3.63. The van der Waals surface area contributed by atoms with Crippen LogP contribution in [0.2, 0.25) is 0 Å². The van der Waals surface area contributed by atoms with Crippen LogP contribution in [0.25, 0.3) is 17.1 Å². The van der Waals surface area contributed by atoms with E-state index in [0.29, 0.717) is 23.1 Å². The van der Waals surface area contributed by atoms with Crippen LogP contribution in [0, 0.1) is 6.92 Å². The second-order valence-corrected chi connectivity index (χ2v) is 11.7. The molecule has 45 heavy (non-hydrogen) atoms. The van der Waals surface area contributed by atoms with Gasteiger partial charge in [-0.25, -0.2) is 14.5 Å². The Morgan fingerprint density at radius 2 is 1.93 bits per heavy atom. The molecule has 1 aliphatic carbocycles. The van der Waals surface area contributed by atoms with Crippen LogP contribution in [0.5, 0.6) is 5.75 Å². The topological polar surface area (TPSA) is 102 Å². The third-order valence-electron chi connectivity index (χ3n) is 7.74. The highest BCUT2D eigenvalue weighted by Gasteiger charge is 2.33. The number of aryl methyl sites for hydroxylation is 3. The van der Waals surface area contributed by atoms with Gasteiger partial charge in [0.15, 0.2) is 11.0 Å². The molecule has 1 unspecified atom stereocenters. The number of para-hydroxylation sites is 1. The number of anilines is 1. The second kappa shape index (κ2) is 12.4. The fraction of sp³-hybridized carbons (Fsp3) is 0.281. The molecule has 2 aliphatic rings. The number of nitrogens with one attached hydrogen (secondary N) is 1. The van der Waals surface area contributed by atoms with E-state index in [1.807, 2.05) is 50.2 Å². The minimum atomic E-state index is -4.76. The van der Waals surface area contributed by atoms with Gasteiger partial charge in [0.05, 0.1) is 17.1 Å². The molecule has 232 valence electrons. The SMILES string of the molecule is CCc1cccc(C)c1N1C(=O)CS/C1=N\C(=O)NC1CCc2cc(-c3ncn(-c4ccc(OC(F)(F)F)cc4)n3)ccc2C1. The van der Waals surface area contributed by atoms with Crippen molar-refractivity contribution in [3.8, 4) is 22.8 Å². The van der Waals surface area contributed by atoms with Crippen molar-refractivity contribution in [2.24, 2.45) is 4.99 Å². The second-order valence-electron chi connectivity index (χ2n) is 10.8.